The first-order valence-corrected chi connectivity index (χ1v) is 5.51. The highest BCUT2D eigenvalue weighted by Gasteiger charge is 2.28. The molecule has 0 bridgehead atoms. The fourth-order valence-corrected chi connectivity index (χ4v) is 1.64. The summed E-state index contributed by atoms with van der Waals surface area (Å²) in [6.07, 6.45) is 7.24. The zero-order chi connectivity index (χ0) is 11.5. The van der Waals surface area contributed by atoms with Gasteiger partial charge in [-0.15, -0.1) is 0 Å². The van der Waals surface area contributed by atoms with Crippen molar-refractivity contribution < 1.29 is 9.47 Å². The van der Waals surface area contributed by atoms with E-state index in [9.17, 15) is 0 Å². The quantitative estimate of drug-likeness (QED) is 0.752. The number of hydrogen-bond acceptors (Lipinski definition) is 4. The van der Waals surface area contributed by atoms with Crippen LogP contribution in [0.15, 0.2) is 43.0 Å². The summed E-state index contributed by atoms with van der Waals surface area (Å²) in [5.74, 6) is 0.839. The molecule has 0 saturated carbocycles. The number of rotatable bonds is 4. The van der Waals surface area contributed by atoms with Crippen LogP contribution >= 0.6 is 0 Å². The van der Waals surface area contributed by atoms with Crippen molar-refractivity contribution in [3.63, 3.8) is 0 Å². The van der Waals surface area contributed by atoms with Crippen LogP contribution in [0.5, 0.6) is 5.75 Å². The molecular formula is C13H12N2O2. The SMILES string of the molecule is c1cncc(COc2ccncc2C2CO2)c1. The number of pyridine rings is 2. The lowest BCUT2D eigenvalue weighted by Crippen LogP contribution is -1.99. The minimum atomic E-state index is 0.160. The first-order valence-electron chi connectivity index (χ1n) is 5.51. The third kappa shape index (κ3) is 2.42. The van der Waals surface area contributed by atoms with Crippen LogP contribution in [0.3, 0.4) is 0 Å². The van der Waals surface area contributed by atoms with Crippen LogP contribution < -0.4 is 4.74 Å². The summed E-state index contributed by atoms with van der Waals surface area (Å²) in [6.45, 7) is 1.27. The van der Waals surface area contributed by atoms with Crippen molar-refractivity contribution in [2.75, 3.05) is 6.61 Å². The molecule has 4 heteroatoms. The average molecular weight is 228 g/mol. The van der Waals surface area contributed by atoms with E-state index in [1.54, 1.807) is 24.8 Å². The molecule has 1 atom stereocenters. The minimum Gasteiger partial charge on any atom is -0.488 e. The summed E-state index contributed by atoms with van der Waals surface area (Å²) in [7, 11) is 0. The fourth-order valence-electron chi connectivity index (χ4n) is 1.64. The molecule has 2 aromatic heterocycles. The van der Waals surface area contributed by atoms with Crippen LogP contribution in [0.2, 0.25) is 0 Å². The summed E-state index contributed by atoms with van der Waals surface area (Å²) in [4.78, 5) is 8.14. The predicted molar refractivity (Wildman–Crippen MR) is 61.5 cm³/mol. The summed E-state index contributed by atoms with van der Waals surface area (Å²) in [5, 5.41) is 0. The van der Waals surface area contributed by atoms with Crippen LogP contribution in [0.4, 0.5) is 0 Å². The Morgan fingerprint density at radius 1 is 1.24 bits per heavy atom. The maximum absolute atomic E-state index is 5.76. The van der Waals surface area contributed by atoms with Gasteiger partial charge in [0.05, 0.1) is 6.61 Å². The van der Waals surface area contributed by atoms with Crippen molar-refractivity contribution in [2.45, 2.75) is 12.7 Å². The third-order valence-corrected chi connectivity index (χ3v) is 2.61. The monoisotopic (exact) mass is 228 g/mol. The van der Waals surface area contributed by atoms with Crippen molar-refractivity contribution in [1.82, 2.24) is 9.97 Å². The Labute approximate surface area is 99.2 Å². The van der Waals surface area contributed by atoms with Gasteiger partial charge in [0.25, 0.3) is 0 Å². The molecule has 4 nitrogen and oxygen atoms in total. The summed E-state index contributed by atoms with van der Waals surface area (Å²) < 4.78 is 11.0. The van der Waals surface area contributed by atoms with Gasteiger partial charge in [0.2, 0.25) is 0 Å². The van der Waals surface area contributed by atoms with E-state index < -0.39 is 0 Å². The number of nitrogens with zero attached hydrogens (tertiary/aromatic N) is 2. The van der Waals surface area contributed by atoms with E-state index in [1.165, 1.54) is 0 Å². The molecule has 1 unspecified atom stereocenters. The third-order valence-electron chi connectivity index (χ3n) is 2.61. The van der Waals surface area contributed by atoms with Crippen molar-refractivity contribution in [2.24, 2.45) is 0 Å². The van der Waals surface area contributed by atoms with Crippen LogP contribution in [0.1, 0.15) is 17.2 Å². The molecular weight excluding hydrogens is 216 g/mol. The van der Waals surface area contributed by atoms with Gasteiger partial charge >= 0.3 is 0 Å². The van der Waals surface area contributed by atoms with E-state index in [1.807, 2.05) is 18.2 Å². The topological polar surface area (TPSA) is 47.5 Å². The normalized spacial score (nSPS) is 17.8. The van der Waals surface area contributed by atoms with Crippen LogP contribution in [-0.2, 0) is 11.3 Å². The molecule has 1 aliphatic heterocycles. The van der Waals surface area contributed by atoms with Crippen molar-refractivity contribution in [3.05, 3.63) is 54.1 Å². The highest BCUT2D eigenvalue weighted by molar-refractivity contribution is 5.34. The van der Waals surface area contributed by atoms with Gasteiger partial charge in [0.15, 0.2) is 0 Å². The van der Waals surface area contributed by atoms with E-state index in [2.05, 4.69) is 9.97 Å². The van der Waals surface area contributed by atoms with Gasteiger partial charge in [-0.3, -0.25) is 9.97 Å². The molecule has 2 aromatic rings. The molecule has 17 heavy (non-hydrogen) atoms. The number of ether oxygens (including phenoxy) is 2. The van der Waals surface area contributed by atoms with E-state index in [0.717, 1.165) is 23.5 Å². The number of epoxide rings is 1. The predicted octanol–water partition coefficient (Wildman–Crippen LogP) is 2.13. The maximum atomic E-state index is 5.76. The molecule has 0 aromatic carbocycles. The average Bonchev–Trinajstić information content (AvgIpc) is 3.22. The molecule has 1 saturated heterocycles. The molecule has 0 N–H and O–H groups in total. The van der Waals surface area contributed by atoms with Gasteiger partial charge < -0.3 is 9.47 Å². The van der Waals surface area contributed by atoms with Crippen molar-refractivity contribution in [1.29, 1.82) is 0 Å². The standard InChI is InChI=1S/C13H12N2O2/c1-2-10(6-14-4-1)8-16-12-3-5-15-7-11(12)13-9-17-13/h1-7,13H,8-9H2. The molecule has 0 spiro atoms. The van der Waals surface area contributed by atoms with Crippen LogP contribution in [0, 0.1) is 0 Å². The Morgan fingerprint density at radius 2 is 2.12 bits per heavy atom. The summed E-state index contributed by atoms with van der Waals surface area (Å²) in [5.41, 5.74) is 2.07. The lowest BCUT2D eigenvalue weighted by atomic mass is 10.2. The molecule has 0 aliphatic carbocycles. The Kier molecular flexibility index (Phi) is 2.71. The number of hydrogen-bond donors (Lipinski definition) is 0. The Hall–Kier alpha value is -1.94. The van der Waals surface area contributed by atoms with Crippen molar-refractivity contribution in [3.8, 4) is 5.75 Å². The second-order valence-corrected chi connectivity index (χ2v) is 3.89. The molecule has 86 valence electrons. The smallest absolute Gasteiger partial charge is 0.128 e. The minimum absolute atomic E-state index is 0.160. The zero-order valence-corrected chi connectivity index (χ0v) is 9.24. The largest absolute Gasteiger partial charge is 0.488 e. The molecule has 3 heterocycles. The maximum Gasteiger partial charge on any atom is 0.128 e. The Bertz CT molecular complexity index is 498. The molecule has 1 fully saturated rings. The first kappa shape index (κ1) is 10.2. The molecule has 0 amide bonds. The van der Waals surface area contributed by atoms with E-state index >= 15 is 0 Å². The fraction of sp³-hybridized carbons (Fsp3) is 0.231. The second-order valence-electron chi connectivity index (χ2n) is 3.89. The van der Waals surface area contributed by atoms with E-state index in [0.29, 0.717) is 6.61 Å². The highest BCUT2D eigenvalue weighted by Crippen LogP contribution is 2.35. The number of aromatic nitrogens is 2. The van der Waals surface area contributed by atoms with Gasteiger partial charge in [-0.05, 0) is 12.1 Å². The summed E-state index contributed by atoms with van der Waals surface area (Å²) in [6, 6.07) is 5.75. The molecule has 0 radical (unpaired) electrons. The van der Waals surface area contributed by atoms with Crippen LogP contribution in [-0.4, -0.2) is 16.6 Å². The zero-order valence-electron chi connectivity index (χ0n) is 9.24. The van der Waals surface area contributed by atoms with Gasteiger partial charge in [0.1, 0.15) is 18.5 Å². The van der Waals surface area contributed by atoms with Crippen molar-refractivity contribution >= 4 is 0 Å². The molecule has 1 aliphatic rings. The Balaban J connectivity index is 1.73. The Morgan fingerprint density at radius 3 is 2.88 bits per heavy atom. The molecule has 3 rings (SSSR count). The summed E-state index contributed by atoms with van der Waals surface area (Å²) >= 11 is 0. The first-order chi connectivity index (χ1) is 8.43. The van der Waals surface area contributed by atoms with Gasteiger partial charge in [-0.1, -0.05) is 6.07 Å². The highest BCUT2D eigenvalue weighted by atomic mass is 16.6. The second kappa shape index (κ2) is 4.51. The van der Waals surface area contributed by atoms with Gasteiger partial charge in [-0.25, -0.2) is 0 Å². The van der Waals surface area contributed by atoms with E-state index in [4.69, 9.17) is 9.47 Å². The van der Waals surface area contributed by atoms with Gasteiger partial charge in [-0.2, -0.15) is 0 Å². The van der Waals surface area contributed by atoms with E-state index in [-0.39, 0.29) is 6.10 Å². The lowest BCUT2D eigenvalue weighted by molar-refractivity contribution is 0.297. The van der Waals surface area contributed by atoms with Crippen LogP contribution in [0.25, 0.3) is 0 Å². The van der Waals surface area contributed by atoms with Gasteiger partial charge in [0, 0.05) is 35.9 Å². The lowest BCUT2D eigenvalue weighted by Gasteiger charge is -2.09.